The number of hydrogen-bond acceptors (Lipinski definition) is 1. The summed E-state index contributed by atoms with van der Waals surface area (Å²) >= 11 is 0. The Morgan fingerprint density at radius 2 is 1.71 bits per heavy atom. The lowest BCUT2D eigenvalue weighted by atomic mass is 9.73. The summed E-state index contributed by atoms with van der Waals surface area (Å²) in [6.07, 6.45) is 3.81. The fourth-order valence-electron chi connectivity index (χ4n) is 3.42. The van der Waals surface area contributed by atoms with E-state index in [-0.39, 0.29) is 0 Å². The van der Waals surface area contributed by atoms with Crippen LogP contribution >= 0.6 is 0 Å². The molecule has 2 aromatic carbocycles. The summed E-state index contributed by atoms with van der Waals surface area (Å²) in [6, 6.07) is 14.7. The monoisotopic (exact) mass is 280 g/mol. The maximum atomic E-state index is 11.3. The van der Waals surface area contributed by atoms with Gasteiger partial charge in [-0.25, -0.2) is 0 Å². The zero-order valence-corrected chi connectivity index (χ0v) is 13.2. The van der Waals surface area contributed by atoms with Crippen molar-refractivity contribution in [3.63, 3.8) is 0 Å². The van der Waals surface area contributed by atoms with Crippen molar-refractivity contribution in [2.24, 2.45) is 0 Å². The quantitative estimate of drug-likeness (QED) is 0.854. The molecule has 2 aromatic rings. The average molecular weight is 280 g/mol. The van der Waals surface area contributed by atoms with Crippen molar-refractivity contribution in [3.8, 4) is 0 Å². The number of benzene rings is 2. The van der Waals surface area contributed by atoms with Gasteiger partial charge < -0.3 is 5.11 Å². The highest BCUT2D eigenvalue weighted by atomic mass is 16.3. The first-order valence-electron chi connectivity index (χ1n) is 7.89. The van der Waals surface area contributed by atoms with Crippen LogP contribution in [-0.4, -0.2) is 5.11 Å². The molecule has 1 fully saturated rings. The van der Waals surface area contributed by atoms with E-state index in [0.717, 1.165) is 16.7 Å². The molecule has 3 rings (SSSR count). The minimum Gasteiger partial charge on any atom is -0.381 e. The molecular weight excluding hydrogens is 256 g/mol. The van der Waals surface area contributed by atoms with Gasteiger partial charge in [0.05, 0.1) is 0 Å². The molecule has 1 atom stereocenters. The lowest BCUT2D eigenvalue weighted by Gasteiger charge is -2.34. The number of aliphatic hydroxyl groups is 1. The van der Waals surface area contributed by atoms with E-state index in [9.17, 15) is 5.11 Å². The molecule has 21 heavy (non-hydrogen) atoms. The van der Waals surface area contributed by atoms with Gasteiger partial charge in [-0.2, -0.15) is 0 Å². The normalized spacial score (nSPS) is 18.1. The molecule has 0 aromatic heterocycles. The fraction of sp³-hybridized carbons (Fsp3) is 0.400. The summed E-state index contributed by atoms with van der Waals surface area (Å²) in [5.41, 5.74) is 4.83. The zero-order valence-electron chi connectivity index (χ0n) is 13.2. The molecule has 0 spiro atoms. The van der Waals surface area contributed by atoms with Crippen LogP contribution in [0.25, 0.3) is 0 Å². The summed E-state index contributed by atoms with van der Waals surface area (Å²) in [5.74, 6) is 0.623. The Labute approximate surface area is 127 Å². The van der Waals surface area contributed by atoms with Crippen molar-refractivity contribution in [2.45, 2.75) is 51.6 Å². The summed E-state index contributed by atoms with van der Waals surface area (Å²) < 4.78 is 0. The van der Waals surface area contributed by atoms with Gasteiger partial charge in [-0.05, 0) is 61.8 Å². The molecule has 1 nitrogen and oxygen atoms in total. The van der Waals surface area contributed by atoms with Crippen molar-refractivity contribution in [3.05, 3.63) is 70.3 Å². The summed E-state index contributed by atoms with van der Waals surface area (Å²) in [4.78, 5) is 0. The molecule has 0 bridgehead atoms. The lowest BCUT2D eigenvalue weighted by molar-refractivity contribution is 0.0993. The third-order valence-corrected chi connectivity index (χ3v) is 4.95. The summed E-state index contributed by atoms with van der Waals surface area (Å²) in [5, 5.41) is 11.3. The maximum Gasteiger partial charge on any atom is 0.112 e. The Bertz CT molecular complexity index is 651. The van der Waals surface area contributed by atoms with Crippen LogP contribution in [0.2, 0.25) is 0 Å². The van der Waals surface area contributed by atoms with E-state index >= 15 is 0 Å². The molecule has 0 saturated heterocycles. The third kappa shape index (κ3) is 2.51. The Balaban J connectivity index is 2.11. The smallest absolute Gasteiger partial charge is 0.112 e. The van der Waals surface area contributed by atoms with E-state index in [4.69, 9.17) is 0 Å². The molecule has 1 heteroatoms. The van der Waals surface area contributed by atoms with Gasteiger partial charge in [0, 0.05) is 0 Å². The van der Waals surface area contributed by atoms with E-state index in [2.05, 4.69) is 50.2 Å². The van der Waals surface area contributed by atoms with E-state index < -0.39 is 5.60 Å². The van der Waals surface area contributed by atoms with Crippen LogP contribution in [0.5, 0.6) is 0 Å². The Hall–Kier alpha value is -1.60. The van der Waals surface area contributed by atoms with Gasteiger partial charge >= 0.3 is 0 Å². The average Bonchev–Trinajstić information content (AvgIpc) is 2.40. The first-order valence-corrected chi connectivity index (χ1v) is 7.89. The van der Waals surface area contributed by atoms with Crippen molar-refractivity contribution >= 4 is 0 Å². The zero-order chi connectivity index (χ0) is 15.0. The lowest BCUT2D eigenvalue weighted by Crippen LogP contribution is -2.27. The molecule has 1 unspecified atom stereocenters. The standard InChI is InChI=1S/C20H24O/c1-14-11-12-15(2)19(13-14)20(3,21)18-10-5-4-9-17(18)16-7-6-8-16/h4-5,9-13,16,21H,6-8H2,1-3H3. The van der Waals surface area contributed by atoms with Gasteiger partial charge in [0.2, 0.25) is 0 Å². The van der Waals surface area contributed by atoms with Gasteiger partial charge in [-0.1, -0.05) is 54.4 Å². The Morgan fingerprint density at radius 3 is 2.38 bits per heavy atom. The van der Waals surface area contributed by atoms with Crippen molar-refractivity contribution in [1.82, 2.24) is 0 Å². The van der Waals surface area contributed by atoms with Crippen molar-refractivity contribution in [1.29, 1.82) is 0 Å². The van der Waals surface area contributed by atoms with Crippen molar-refractivity contribution < 1.29 is 5.11 Å². The number of rotatable bonds is 3. The summed E-state index contributed by atoms with van der Waals surface area (Å²) in [7, 11) is 0. The molecule has 0 radical (unpaired) electrons. The van der Waals surface area contributed by atoms with Gasteiger partial charge in [0.1, 0.15) is 5.60 Å². The van der Waals surface area contributed by atoms with Gasteiger partial charge in [0.15, 0.2) is 0 Å². The predicted molar refractivity (Wildman–Crippen MR) is 87.6 cm³/mol. The van der Waals surface area contributed by atoms with Crippen LogP contribution in [0.15, 0.2) is 42.5 Å². The molecule has 1 aliphatic rings. The molecule has 0 heterocycles. The van der Waals surface area contributed by atoms with Crippen LogP contribution in [0, 0.1) is 13.8 Å². The van der Waals surface area contributed by atoms with Crippen LogP contribution in [0.4, 0.5) is 0 Å². The van der Waals surface area contributed by atoms with Crippen LogP contribution in [-0.2, 0) is 5.60 Å². The highest BCUT2D eigenvalue weighted by molar-refractivity contribution is 5.46. The van der Waals surface area contributed by atoms with E-state index in [1.165, 1.54) is 30.4 Å². The second-order valence-corrected chi connectivity index (χ2v) is 6.61. The minimum atomic E-state index is -0.928. The SMILES string of the molecule is Cc1ccc(C)c(C(C)(O)c2ccccc2C2CCC2)c1. The maximum absolute atomic E-state index is 11.3. The highest BCUT2D eigenvalue weighted by Crippen LogP contribution is 2.43. The number of aryl methyl sites for hydroxylation is 2. The number of hydrogen-bond donors (Lipinski definition) is 1. The van der Waals surface area contributed by atoms with E-state index in [0.29, 0.717) is 5.92 Å². The van der Waals surface area contributed by atoms with E-state index in [1.807, 2.05) is 13.0 Å². The molecule has 1 N–H and O–H groups in total. The molecule has 0 amide bonds. The Morgan fingerprint density at radius 1 is 1.00 bits per heavy atom. The van der Waals surface area contributed by atoms with Crippen molar-refractivity contribution in [2.75, 3.05) is 0 Å². The second kappa shape index (κ2) is 5.31. The highest BCUT2D eigenvalue weighted by Gasteiger charge is 2.33. The molecule has 0 aliphatic heterocycles. The first-order chi connectivity index (χ1) is 10.00. The predicted octanol–water partition coefficient (Wildman–Crippen LogP) is 4.83. The van der Waals surface area contributed by atoms with Crippen LogP contribution in [0.1, 0.15) is 59.9 Å². The second-order valence-electron chi connectivity index (χ2n) is 6.61. The topological polar surface area (TPSA) is 20.2 Å². The largest absolute Gasteiger partial charge is 0.381 e. The minimum absolute atomic E-state index is 0.623. The van der Waals surface area contributed by atoms with Crippen LogP contribution < -0.4 is 0 Å². The third-order valence-electron chi connectivity index (χ3n) is 4.95. The molecule has 1 aliphatic carbocycles. The van der Waals surface area contributed by atoms with Gasteiger partial charge in [0.25, 0.3) is 0 Å². The molecular formula is C20H24O. The van der Waals surface area contributed by atoms with Crippen LogP contribution in [0.3, 0.4) is 0 Å². The fourth-order valence-corrected chi connectivity index (χ4v) is 3.42. The van der Waals surface area contributed by atoms with Gasteiger partial charge in [-0.15, -0.1) is 0 Å². The molecule has 1 saturated carbocycles. The molecule has 110 valence electrons. The summed E-state index contributed by atoms with van der Waals surface area (Å²) in [6.45, 7) is 6.10. The van der Waals surface area contributed by atoms with E-state index in [1.54, 1.807) is 0 Å². The Kier molecular flexibility index (Phi) is 3.62. The van der Waals surface area contributed by atoms with Gasteiger partial charge in [-0.3, -0.25) is 0 Å². The first kappa shape index (κ1) is 14.3.